The summed E-state index contributed by atoms with van der Waals surface area (Å²) in [5.41, 5.74) is 0.620. The summed E-state index contributed by atoms with van der Waals surface area (Å²) >= 11 is 1.46. The Bertz CT molecular complexity index is 656. The molecule has 1 heterocycles. The zero-order chi connectivity index (χ0) is 17.9. The molecule has 25 heavy (non-hydrogen) atoms. The van der Waals surface area contributed by atoms with Crippen LogP contribution in [0.4, 0.5) is 0 Å². The molecule has 0 spiro atoms. The van der Waals surface area contributed by atoms with Gasteiger partial charge in [0.1, 0.15) is 18.1 Å². The van der Waals surface area contributed by atoms with E-state index in [1.807, 2.05) is 36.6 Å². The van der Waals surface area contributed by atoms with Crippen LogP contribution in [0.1, 0.15) is 23.7 Å². The lowest BCUT2D eigenvalue weighted by Gasteiger charge is -2.09. The summed E-state index contributed by atoms with van der Waals surface area (Å²) < 4.78 is 10.9. The van der Waals surface area contributed by atoms with E-state index in [4.69, 9.17) is 9.47 Å². The van der Waals surface area contributed by atoms with Gasteiger partial charge < -0.3 is 20.1 Å². The van der Waals surface area contributed by atoms with Crippen molar-refractivity contribution in [2.75, 3.05) is 26.3 Å². The smallest absolute Gasteiger partial charge is 0.252 e. The third-order valence-corrected chi connectivity index (χ3v) is 3.93. The number of thiophene rings is 1. The number of carbonyl (C=O) groups excluding carboxylic acids is 2. The van der Waals surface area contributed by atoms with Gasteiger partial charge in [-0.1, -0.05) is 0 Å². The van der Waals surface area contributed by atoms with Gasteiger partial charge in [-0.2, -0.15) is 11.3 Å². The zero-order valence-electron chi connectivity index (χ0n) is 14.1. The summed E-state index contributed by atoms with van der Waals surface area (Å²) in [7, 11) is 0. The van der Waals surface area contributed by atoms with E-state index in [-0.39, 0.29) is 18.2 Å². The summed E-state index contributed by atoms with van der Waals surface area (Å²) in [4.78, 5) is 23.4. The first-order valence-corrected chi connectivity index (χ1v) is 9.06. The second-order valence-corrected chi connectivity index (χ2v) is 5.90. The topological polar surface area (TPSA) is 76.7 Å². The minimum absolute atomic E-state index is 0.124. The normalized spacial score (nSPS) is 10.1. The van der Waals surface area contributed by atoms with Gasteiger partial charge in [0.15, 0.2) is 0 Å². The van der Waals surface area contributed by atoms with Crippen molar-refractivity contribution in [2.45, 2.75) is 13.3 Å². The molecule has 0 aliphatic rings. The summed E-state index contributed by atoms with van der Waals surface area (Å²) in [6.07, 6.45) is 0.235. The molecule has 0 saturated carbocycles. The van der Waals surface area contributed by atoms with Gasteiger partial charge in [-0.25, -0.2) is 0 Å². The molecular weight excluding hydrogens is 340 g/mol. The van der Waals surface area contributed by atoms with Crippen molar-refractivity contribution < 1.29 is 19.1 Å². The third kappa shape index (κ3) is 6.84. The van der Waals surface area contributed by atoms with Crippen LogP contribution in [0.2, 0.25) is 0 Å². The number of carbonyl (C=O) groups is 2. The minimum atomic E-state index is -0.159. The number of benzene rings is 1. The van der Waals surface area contributed by atoms with Crippen LogP contribution >= 0.6 is 11.3 Å². The molecular formula is C18H22N2O4S. The Kier molecular flexibility index (Phi) is 7.78. The monoisotopic (exact) mass is 362 g/mol. The molecule has 7 heteroatoms. The van der Waals surface area contributed by atoms with Crippen molar-refractivity contribution in [3.05, 3.63) is 46.7 Å². The lowest BCUT2D eigenvalue weighted by molar-refractivity contribution is -0.121. The molecule has 0 saturated heterocycles. The van der Waals surface area contributed by atoms with E-state index in [9.17, 15) is 9.59 Å². The Morgan fingerprint density at radius 1 is 1.00 bits per heavy atom. The van der Waals surface area contributed by atoms with Crippen LogP contribution in [0.3, 0.4) is 0 Å². The maximum absolute atomic E-state index is 11.7. The van der Waals surface area contributed by atoms with E-state index in [1.54, 1.807) is 11.4 Å². The van der Waals surface area contributed by atoms with E-state index < -0.39 is 0 Å². The number of ether oxygens (including phenoxy) is 2. The van der Waals surface area contributed by atoms with E-state index in [1.165, 1.54) is 11.3 Å². The number of nitrogens with one attached hydrogen (secondary N) is 2. The number of hydrogen-bond acceptors (Lipinski definition) is 5. The van der Waals surface area contributed by atoms with Crippen LogP contribution in [0.5, 0.6) is 11.5 Å². The molecule has 0 unspecified atom stereocenters. The second kappa shape index (κ2) is 10.4. The summed E-state index contributed by atoms with van der Waals surface area (Å²) in [6.45, 7) is 3.65. The van der Waals surface area contributed by atoms with Gasteiger partial charge in [-0.15, -0.1) is 0 Å². The average molecular weight is 362 g/mol. The minimum Gasteiger partial charge on any atom is -0.494 e. The Hall–Kier alpha value is -2.54. The van der Waals surface area contributed by atoms with Crippen molar-refractivity contribution in [2.24, 2.45) is 0 Å². The molecule has 6 nitrogen and oxygen atoms in total. The first-order valence-electron chi connectivity index (χ1n) is 8.12. The quantitative estimate of drug-likeness (QED) is 0.637. The Labute approximate surface area is 151 Å². The number of rotatable bonds is 10. The maximum atomic E-state index is 11.7. The average Bonchev–Trinajstić information content (AvgIpc) is 3.15. The lowest BCUT2D eigenvalue weighted by Crippen LogP contribution is -2.32. The van der Waals surface area contributed by atoms with E-state index >= 15 is 0 Å². The highest BCUT2D eigenvalue weighted by Crippen LogP contribution is 2.17. The van der Waals surface area contributed by atoms with Crippen LogP contribution in [0.25, 0.3) is 0 Å². The largest absolute Gasteiger partial charge is 0.494 e. The first-order chi connectivity index (χ1) is 12.2. The molecule has 0 fully saturated rings. The van der Waals surface area contributed by atoms with Gasteiger partial charge in [0.25, 0.3) is 5.91 Å². The van der Waals surface area contributed by atoms with Crippen LogP contribution in [0.15, 0.2) is 41.1 Å². The van der Waals surface area contributed by atoms with Gasteiger partial charge in [0.05, 0.1) is 13.2 Å². The van der Waals surface area contributed by atoms with Crippen molar-refractivity contribution >= 4 is 23.2 Å². The fourth-order valence-electron chi connectivity index (χ4n) is 2.03. The predicted molar refractivity (Wildman–Crippen MR) is 97.4 cm³/mol. The molecule has 0 aliphatic carbocycles. The van der Waals surface area contributed by atoms with E-state index in [0.717, 1.165) is 11.5 Å². The van der Waals surface area contributed by atoms with Crippen molar-refractivity contribution in [3.63, 3.8) is 0 Å². The predicted octanol–water partition coefficient (Wildman–Crippen LogP) is 2.46. The van der Waals surface area contributed by atoms with E-state index in [2.05, 4.69) is 10.6 Å². The second-order valence-electron chi connectivity index (χ2n) is 5.12. The van der Waals surface area contributed by atoms with Gasteiger partial charge >= 0.3 is 0 Å². The van der Waals surface area contributed by atoms with Gasteiger partial charge in [-0.05, 0) is 42.6 Å². The zero-order valence-corrected chi connectivity index (χ0v) is 14.9. The molecule has 0 aliphatic heterocycles. The number of hydrogen-bond donors (Lipinski definition) is 2. The summed E-state index contributed by atoms with van der Waals surface area (Å²) in [6, 6.07) is 9.08. The van der Waals surface area contributed by atoms with Crippen LogP contribution in [-0.4, -0.2) is 38.1 Å². The van der Waals surface area contributed by atoms with Crippen molar-refractivity contribution in [1.29, 1.82) is 0 Å². The Morgan fingerprint density at radius 3 is 2.36 bits per heavy atom. The lowest BCUT2D eigenvalue weighted by atomic mass is 10.3. The molecule has 134 valence electrons. The van der Waals surface area contributed by atoms with Crippen LogP contribution in [0, 0.1) is 0 Å². The first kappa shape index (κ1) is 18.8. The molecule has 1 aromatic heterocycles. The number of amides is 2. The highest BCUT2D eigenvalue weighted by molar-refractivity contribution is 7.08. The van der Waals surface area contributed by atoms with Crippen LogP contribution in [-0.2, 0) is 4.79 Å². The molecule has 0 atom stereocenters. The summed E-state index contributed by atoms with van der Waals surface area (Å²) in [5.74, 6) is 1.24. The SMILES string of the molecule is CCOc1ccc(OCCNC(=O)CCNC(=O)c2ccsc2)cc1. The molecule has 0 radical (unpaired) electrons. The maximum Gasteiger partial charge on any atom is 0.252 e. The van der Waals surface area contributed by atoms with Crippen molar-refractivity contribution in [3.8, 4) is 11.5 Å². The molecule has 0 bridgehead atoms. The van der Waals surface area contributed by atoms with Gasteiger partial charge in [0, 0.05) is 23.9 Å². The third-order valence-electron chi connectivity index (χ3n) is 3.25. The highest BCUT2D eigenvalue weighted by Gasteiger charge is 2.06. The Morgan fingerprint density at radius 2 is 1.72 bits per heavy atom. The fourth-order valence-corrected chi connectivity index (χ4v) is 2.67. The summed E-state index contributed by atoms with van der Waals surface area (Å²) in [5, 5.41) is 9.08. The van der Waals surface area contributed by atoms with Crippen LogP contribution < -0.4 is 20.1 Å². The molecule has 1 aromatic carbocycles. The molecule has 2 amide bonds. The van der Waals surface area contributed by atoms with Gasteiger partial charge in [-0.3, -0.25) is 9.59 Å². The van der Waals surface area contributed by atoms with Gasteiger partial charge in [0.2, 0.25) is 5.91 Å². The molecule has 2 aromatic rings. The fraction of sp³-hybridized carbons (Fsp3) is 0.333. The van der Waals surface area contributed by atoms with Crippen molar-refractivity contribution in [1.82, 2.24) is 10.6 Å². The standard InChI is InChI=1S/C18H22N2O4S/c1-2-23-15-3-5-16(6-4-15)24-11-10-19-17(21)7-9-20-18(22)14-8-12-25-13-14/h3-6,8,12-13H,2,7,9-11H2,1H3,(H,19,21)(H,20,22). The van der Waals surface area contributed by atoms with E-state index in [0.29, 0.717) is 31.9 Å². The Balaban J connectivity index is 1.55. The highest BCUT2D eigenvalue weighted by atomic mass is 32.1. The molecule has 2 N–H and O–H groups in total. The molecule has 2 rings (SSSR count).